The maximum atomic E-state index is 2.50. The molecule has 0 saturated carbocycles. The summed E-state index contributed by atoms with van der Waals surface area (Å²) in [6.07, 6.45) is 22.8. The van der Waals surface area contributed by atoms with E-state index in [0.717, 1.165) is 37.1 Å². The summed E-state index contributed by atoms with van der Waals surface area (Å²) in [7, 11) is 0. The first-order valence-electron chi connectivity index (χ1n) is 22.7. The summed E-state index contributed by atoms with van der Waals surface area (Å²) >= 11 is 0. The fourth-order valence-electron chi connectivity index (χ4n) is 10.8. The molecule has 13 rings (SSSR count). The Morgan fingerprint density at radius 3 is 1.25 bits per heavy atom. The zero-order valence-electron chi connectivity index (χ0n) is 35.5. The molecule has 0 N–H and O–H groups in total. The van der Waals surface area contributed by atoms with Crippen LogP contribution in [0, 0.1) is 0 Å². The number of rotatable bonds is 4. The molecule has 2 heterocycles. The van der Waals surface area contributed by atoms with Crippen LogP contribution in [0.2, 0.25) is 0 Å². The van der Waals surface area contributed by atoms with E-state index in [0.29, 0.717) is 0 Å². The minimum absolute atomic E-state index is 1.02. The molecular weight excluding hydrogens is 773 g/mol. The van der Waals surface area contributed by atoms with Gasteiger partial charge in [-0.25, -0.2) is 0 Å². The molecule has 0 atom stereocenters. The fourth-order valence-corrected chi connectivity index (χ4v) is 10.8. The summed E-state index contributed by atoms with van der Waals surface area (Å²) < 4.78 is 0. The molecule has 2 aliphatic carbocycles. The average Bonchev–Trinajstić information content (AvgIpc) is 3.63. The molecular formula is C62H44N2. The Labute approximate surface area is 374 Å². The highest BCUT2D eigenvalue weighted by molar-refractivity contribution is 6.23. The first-order valence-corrected chi connectivity index (χ1v) is 22.7. The van der Waals surface area contributed by atoms with Crippen molar-refractivity contribution in [3.8, 4) is 22.3 Å². The molecule has 0 aromatic heterocycles. The van der Waals surface area contributed by atoms with Crippen molar-refractivity contribution in [2.75, 3.05) is 9.80 Å². The smallest absolute Gasteiger partial charge is 0.0534 e. The summed E-state index contributed by atoms with van der Waals surface area (Å²) in [5.41, 5.74) is 17.3. The molecule has 0 saturated heterocycles. The van der Waals surface area contributed by atoms with Crippen molar-refractivity contribution >= 4 is 78.0 Å². The lowest BCUT2D eigenvalue weighted by molar-refractivity contribution is 0.955. The molecule has 2 heteroatoms. The highest BCUT2D eigenvalue weighted by atomic mass is 15.2. The highest BCUT2D eigenvalue weighted by Crippen LogP contribution is 2.50. The number of fused-ring (bicyclic) bond motifs is 6. The van der Waals surface area contributed by atoms with Gasteiger partial charge < -0.3 is 9.80 Å². The molecule has 0 amide bonds. The maximum absolute atomic E-state index is 2.50. The predicted molar refractivity (Wildman–Crippen MR) is 273 cm³/mol. The van der Waals surface area contributed by atoms with E-state index < -0.39 is 0 Å². The van der Waals surface area contributed by atoms with Crippen molar-refractivity contribution in [3.63, 3.8) is 0 Å². The Morgan fingerprint density at radius 1 is 0.328 bits per heavy atom. The van der Waals surface area contributed by atoms with Gasteiger partial charge in [0.2, 0.25) is 0 Å². The van der Waals surface area contributed by atoms with Gasteiger partial charge in [0.25, 0.3) is 0 Å². The molecule has 64 heavy (non-hydrogen) atoms. The molecule has 2 nitrogen and oxygen atoms in total. The second-order valence-corrected chi connectivity index (χ2v) is 17.5. The molecule has 0 unspecified atom stereocenters. The van der Waals surface area contributed by atoms with Gasteiger partial charge in [-0.05, 0) is 174 Å². The molecule has 302 valence electrons. The largest absolute Gasteiger partial charge is 0.310 e. The van der Waals surface area contributed by atoms with Gasteiger partial charge in [0, 0.05) is 22.8 Å². The van der Waals surface area contributed by atoms with E-state index in [1.54, 1.807) is 0 Å². The van der Waals surface area contributed by atoms with E-state index in [1.165, 1.54) is 110 Å². The van der Waals surface area contributed by atoms with Crippen molar-refractivity contribution in [1.29, 1.82) is 0 Å². The first-order chi connectivity index (χ1) is 31.7. The number of anilines is 4. The first kappa shape index (κ1) is 36.7. The van der Waals surface area contributed by atoms with Gasteiger partial charge in [-0.15, -0.1) is 0 Å². The van der Waals surface area contributed by atoms with Gasteiger partial charge in [0.1, 0.15) is 0 Å². The molecule has 9 aromatic rings. The predicted octanol–water partition coefficient (Wildman–Crippen LogP) is 17.2. The van der Waals surface area contributed by atoms with Crippen molar-refractivity contribution in [2.45, 2.75) is 25.7 Å². The fraction of sp³-hybridized carbons (Fsp3) is 0.0645. The zero-order valence-corrected chi connectivity index (χ0v) is 35.5. The van der Waals surface area contributed by atoms with Crippen LogP contribution in [0.15, 0.2) is 229 Å². The third-order valence-corrected chi connectivity index (χ3v) is 13.8. The molecule has 0 radical (unpaired) electrons. The van der Waals surface area contributed by atoms with Crippen LogP contribution in [-0.2, 0) is 0 Å². The van der Waals surface area contributed by atoms with Gasteiger partial charge in [-0.1, -0.05) is 158 Å². The number of allylic oxidation sites excluding steroid dienone is 8. The average molecular weight is 817 g/mol. The summed E-state index contributed by atoms with van der Waals surface area (Å²) in [4.78, 5) is 5.00. The Kier molecular flexibility index (Phi) is 8.52. The molecule has 0 spiro atoms. The van der Waals surface area contributed by atoms with Crippen LogP contribution in [0.3, 0.4) is 0 Å². The Balaban J connectivity index is 1.15. The van der Waals surface area contributed by atoms with Gasteiger partial charge >= 0.3 is 0 Å². The lowest BCUT2D eigenvalue weighted by atomic mass is 9.84. The third kappa shape index (κ3) is 5.94. The van der Waals surface area contributed by atoms with Crippen LogP contribution < -0.4 is 9.80 Å². The van der Waals surface area contributed by atoms with E-state index >= 15 is 0 Å². The Morgan fingerprint density at radius 2 is 0.766 bits per heavy atom. The normalized spacial score (nSPS) is 15.4. The minimum Gasteiger partial charge on any atom is -0.310 e. The number of nitrogens with zero attached hydrogens (tertiary/aromatic N) is 2. The van der Waals surface area contributed by atoms with Gasteiger partial charge in [0.15, 0.2) is 0 Å². The van der Waals surface area contributed by atoms with Crippen LogP contribution in [0.4, 0.5) is 22.7 Å². The van der Waals surface area contributed by atoms with E-state index in [1.807, 2.05) is 0 Å². The SMILES string of the molecule is C1=CC2=C(C=Cc3ccccc3N2c2ccc3c(-c4ccc5ccccc5c4)c4cc(N5C6=C(C=Cc7ccccc75)CCC=C6)ccc4c(-c4ccc5ccccc5c4)c3c2)CC1. The Hall–Kier alpha value is -7.94. The number of benzene rings is 9. The van der Waals surface area contributed by atoms with Crippen LogP contribution in [-0.4, -0.2) is 0 Å². The van der Waals surface area contributed by atoms with Crippen LogP contribution in [0.1, 0.15) is 36.8 Å². The summed E-state index contributed by atoms with van der Waals surface area (Å²) in [5, 5.41) is 9.89. The number of para-hydroxylation sites is 2. The second kappa shape index (κ2) is 14.9. The van der Waals surface area contributed by atoms with Crippen molar-refractivity contribution < 1.29 is 0 Å². The van der Waals surface area contributed by atoms with Gasteiger partial charge in [-0.3, -0.25) is 0 Å². The second-order valence-electron chi connectivity index (χ2n) is 17.5. The minimum atomic E-state index is 1.02. The molecule has 4 aliphatic rings. The summed E-state index contributed by atoms with van der Waals surface area (Å²) in [5.74, 6) is 0. The van der Waals surface area contributed by atoms with Crippen molar-refractivity contribution in [2.24, 2.45) is 0 Å². The number of hydrogen-bond donors (Lipinski definition) is 0. The van der Waals surface area contributed by atoms with Crippen LogP contribution in [0.25, 0.3) is 77.5 Å². The topological polar surface area (TPSA) is 6.48 Å². The van der Waals surface area contributed by atoms with Crippen LogP contribution in [0.5, 0.6) is 0 Å². The quantitative estimate of drug-likeness (QED) is 0.163. The zero-order chi connectivity index (χ0) is 42.1. The van der Waals surface area contributed by atoms with E-state index in [9.17, 15) is 0 Å². The van der Waals surface area contributed by atoms with E-state index in [2.05, 4.69) is 228 Å². The van der Waals surface area contributed by atoms with E-state index in [-0.39, 0.29) is 0 Å². The van der Waals surface area contributed by atoms with E-state index in [4.69, 9.17) is 0 Å². The summed E-state index contributed by atoms with van der Waals surface area (Å²) in [6, 6.07) is 63.7. The Bertz CT molecular complexity index is 3390. The summed E-state index contributed by atoms with van der Waals surface area (Å²) in [6.45, 7) is 0. The maximum Gasteiger partial charge on any atom is 0.0534 e. The monoisotopic (exact) mass is 816 g/mol. The van der Waals surface area contributed by atoms with Gasteiger partial charge in [-0.2, -0.15) is 0 Å². The molecule has 2 aliphatic heterocycles. The van der Waals surface area contributed by atoms with Crippen molar-refractivity contribution in [1.82, 2.24) is 0 Å². The standard InChI is InChI=1S/C62H44N2/c1-3-19-47-37-49(31-25-41(47)13-1)61-53-35-33-52(64-59-23-11-7-17-45(59)29-30-46-18-8-12-24-60(46)64)40-56(53)62(50-32-26-42-14-2-4-20-48(42)38-50)54-36-34-51(39-55(54)61)63-57-21-9-5-15-43(57)27-28-44-16-6-10-22-58(44)63/h1-5,7,9-15,17,19-40H,6,8,16,18H2. The highest BCUT2D eigenvalue weighted by Gasteiger charge is 2.27. The molecule has 9 aromatic carbocycles. The van der Waals surface area contributed by atoms with Crippen molar-refractivity contribution in [3.05, 3.63) is 240 Å². The van der Waals surface area contributed by atoms with Gasteiger partial charge in [0.05, 0.1) is 11.4 Å². The lowest BCUT2D eigenvalue weighted by Gasteiger charge is -2.31. The number of hydrogen-bond acceptors (Lipinski definition) is 2. The molecule has 0 bridgehead atoms. The van der Waals surface area contributed by atoms with Crippen LogP contribution >= 0.6 is 0 Å². The molecule has 0 fully saturated rings. The lowest BCUT2D eigenvalue weighted by Crippen LogP contribution is -2.18. The third-order valence-electron chi connectivity index (χ3n) is 13.8.